The van der Waals surface area contributed by atoms with Crippen LogP contribution >= 0.6 is 0 Å². The van der Waals surface area contributed by atoms with Gasteiger partial charge in [0.1, 0.15) is 18.1 Å². The first-order valence-electron chi connectivity index (χ1n) is 9.97. The van der Waals surface area contributed by atoms with Gasteiger partial charge in [-0.1, -0.05) is 0 Å². The number of hydrogen-bond donors (Lipinski definition) is 9. The maximum Gasteiger partial charge on any atom is 0.326 e. The summed E-state index contributed by atoms with van der Waals surface area (Å²) in [6.07, 6.45) is -3.83. The molecule has 0 radical (unpaired) electrons. The molecule has 0 saturated carbocycles. The molecule has 0 aromatic carbocycles. The molecule has 0 aliphatic heterocycles. The SMILES string of the molecule is NC(=O)CC(NC(=O)C(N)CCC(=O)O)C(=O)NC(CCC(=O)O)C(=O)NC(CC(=O)O)C(=O)O. The second kappa shape index (κ2) is 14.8. The Bertz CT molecular complexity index is 861. The van der Waals surface area contributed by atoms with E-state index < -0.39 is 104 Å². The van der Waals surface area contributed by atoms with Crippen LogP contribution in [0.1, 0.15) is 38.5 Å². The molecular weight excluding hydrogens is 478 g/mol. The van der Waals surface area contributed by atoms with E-state index in [0.29, 0.717) is 0 Å². The first-order valence-corrected chi connectivity index (χ1v) is 9.97. The summed E-state index contributed by atoms with van der Waals surface area (Å²) in [5.41, 5.74) is 10.6. The average Bonchev–Trinajstić information content (AvgIpc) is 2.72. The van der Waals surface area contributed by atoms with E-state index in [1.54, 1.807) is 0 Å². The fourth-order valence-electron chi connectivity index (χ4n) is 2.56. The van der Waals surface area contributed by atoms with Crippen molar-refractivity contribution in [3.05, 3.63) is 0 Å². The molecule has 196 valence electrons. The van der Waals surface area contributed by atoms with E-state index in [1.165, 1.54) is 0 Å². The zero-order chi connectivity index (χ0) is 27.3. The van der Waals surface area contributed by atoms with E-state index in [2.05, 4.69) is 10.6 Å². The maximum atomic E-state index is 12.7. The highest BCUT2D eigenvalue weighted by atomic mass is 16.4. The summed E-state index contributed by atoms with van der Waals surface area (Å²) in [6.45, 7) is 0. The van der Waals surface area contributed by atoms with E-state index in [-0.39, 0.29) is 6.42 Å². The first kappa shape index (κ1) is 30.7. The minimum Gasteiger partial charge on any atom is -0.481 e. The molecule has 0 aliphatic rings. The molecule has 0 rings (SSSR count). The van der Waals surface area contributed by atoms with Gasteiger partial charge in [-0.15, -0.1) is 0 Å². The molecule has 4 unspecified atom stereocenters. The molecule has 11 N–H and O–H groups in total. The van der Waals surface area contributed by atoms with Gasteiger partial charge in [-0.2, -0.15) is 0 Å². The van der Waals surface area contributed by atoms with Crippen LogP contribution in [0, 0.1) is 0 Å². The van der Waals surface area contributed by atoms with Crippen molar-refractivity contribution in [2.75, 3.05) is 0 Å². The molecule has 35 heavy (non-hydrogen) atoms. The van der Waals surface area contributed by atoms with Gasteiger partial charge in [0.05, 0.1) is 18.9 Å². The van der Waals surface area contributed by atoms with Crippen molar-refractivity contribution in [2.24, 2.45) is 11.5 Å². The molecule has 0 aromatic heterocycles. The molecule has 17 heteroatoms. The highest BCUT2D eigenvalue weighted by Crippen LogP contribution is 2.04. The second-order valence-corrected chi connectivity index (χ2v) is 7.26. The molecule has 4 atom stereocenters. The number of rotatable bonds is 17. The fourth-order valence-corrected chi connectivity index (χ4v) is 2.56. The third-order valence-electron chi connectivity index (χ3n) is 4.32. The molecule has 0 fully saturated rings. The highest BCUT2D eigenvalue weighted by Gasteiger charge is 2.32. The quantitative estimate of drug-likeness (QED) is 0.0909. The Kier molecular flexibility index (Phi) is 13.0. The lowest BCUT2D eigenvalue weighted by molar-refractivity contribution is -0.147. The van der Waals surface area contributed by atoms with Crippen LogP contribution < -0.4 is 27.4 Å². The van der Waals surface area contributed by atoms with E-state index in [4.69, 9.17) is 31.9 Å². The zero-order valence-electron chi connectivity index (χ0n) is 18.3. The van der Waals surface area contributed by atoms with Crippen molar-refractivity contribution in [2.45, 2.75) is 62.7 Å². The summed E-state index contributed by atoms with van der Waals surface area (Å²) in [5.74, 6) is -10.4. The molecule has 17 nitrogen and oxygen atoms in total. The molecule has 0 spiro atoms. The van der Waals surface area contributed by atoms with Crippen LogP contribution in [-0.4, -0.2) is 92.1 Å². The summed E-state index contributed by atoms with van der Waals surface area (Å²) in [4.78, 5) is 92.2. The number of aliphatic carboxylic acids is 4. The van der Waals surface area contributed by atoms with Crippen LogP contribution in [0.4, 0.5) is 0 Å². The van der Waals surface area contributed by atoms with E-state index in [0.717, 1.165) is 0 Å². The van der Waals surface area contributed by atoms with Crippen LogP contribution in [0.2, 0.25) is 0 Å². The van der Waals surface area contributed by atoms with Crippen LogP contribution in [0.3, 0.4) is 0 Å². The Morgan fingerprint density at radius 3 is 1.51 bits per heavy atom. The number of hydrogen-bond acceptors (Lipinski definition) is 9. The van der Waals surface area contributed by atoms with Gasteiger partial charge in [-0.05, 0) is 12.8 Å². The lowest BCUT2D eigenvalue weighted by Gasteiger charge is -2.24. The van der Waals surface area contributed by atoms with E-state index in [1.807, 2.05) is 5.32 Å². The third-order valence-corrected chi connectivity index (χ3v) is 4.32. The molecule has 0 aliphatic carbocycles. The van der Waals surface area contributed by atoms with E-state index in [9.17, 15) is 38.4 Å². The molecule has 0 bridgehead atoms. The van der Waals surface area contributed by atoms with Gasteiger partial charge in [-0.25, -0.2) is 4.79 Å². The lowest BCUT2D eigenvalue weighted by Crippen LogP contribution is -2.58. The van der Waals surface area contributed by atoms with Crippen LogP contribution in [0.5, 0.6) is 0 Å². The van der Waals surface area contributed by atoms with Gasteiger partial charge in [0.2, 0.25) is 23.6 Å². The Hall–Kier alpha value is -4.28. The van der Waals surface area contributed by atoms with Crippen LogP contribution in [-0.2, 0) is 38.4 Å². The number of nitrogens with one attached hydrogen (secondary N) is 3. The number of nitrogens with two attached hydrogens (primary N) is 2. The summed E-state index contributed by atoms with van der Waals surface area (Å²) in [6, 6.07) is -6.70. The number of carbonyl (C=O) groups excluding carboxylic acids is 4. The Morgan fingerprint density at radius 1 is 0.600 bits per heavy atom. The smallest absolute Gasteiger partial charge is 0.326 e. The Balaban J connectivity index is 5.59. The minimum absolute atomic E-state index is 0.310. The van der Waals surface area contributed by atoms with Gasteiger partial charge in [0.25, 0.3) is 0 Å². The summed E-state index contributed by atoms with van der Waals surface area (Å²) in [7, 11) is 0. The Morgan fingerprint density at radius 2 is 1.06 bits per heavy atom. The average molecular weight is 505 g/mol. The monoisotopic (exact) mass is 505 g/mol. The summed E-state index contributed by atoms with van der Waals surface area (Å²) < 4.78 is 0. The first-order chi connectivity index (χ1) is 16.1. The van der Waals surface area contributed by atoms with Gasteiger partial charge < -0.3 is 47.8 Å². The largest absolute Gasteiger partial charge is 0.481 e. The summed E-state index contributed by atoms with van der Waals surface area (Å²) in [5, 5.41) is 41.4. The fraction of sp³-hybridized carbons (Fsp3) is 0.556. The van der Waals surface area contributed by atoms with Gasteiger partial charge >= 0.3 is 23.9 Å². The van der Waals surface area contributed by atoms with Gasteiger partial charge in [-0.3, -0.25) is 33.6 Å². The summed E-state index contributed by atoms with van der Waals surface area (Å²) >= 11 is 0. The number of carbonyl (C=O) groups is 8. The number of carboxylic acids is 4. The van der Waals surface area contributed by atoms with Crippen molar-refractivity contribution >= 4 is 47.5 Å². The molecule has 4 amide bonds. The normalized spacial score (nSPS) is 13.9. The van der Waals surface area contributed by atoms with Crippen molar-refractivity contribution in [3.63, 3.8) is 0 Å². The number of primary amides is 1. The second-order valence-electron chi connectivity index (χ2n) is 7.26. The lowest BCUT2D eigenvalue weighted by atomic mass is 10.1. The van der Waals surface area contributed by atoms with Crippen molar-refractivity contribution in [1.29, 1.82) is 0 Å². The van der Waals surface area contributed by atoms with Gasteiger partial charge in [0, 0.05) is 12.8 Å². The maximum absolute atomic E-state index is 12.7. The van der Waals surface area contributed by atoms with Crippen LogP contribution in [0.15, 0.2) is 0 Å². The molecule has 0 heterocycles. The predicted octanol–water partition coefficient (Wildman–Crippen LogP) is -4.07. The van der Waals surface area contributed by atoms with Crippen molar-refractivity contribution in [1.82, 2.24) is 16.0 Å². The number of carboxylic acid groups (broad SMARTS) is 4. The molecule has 0 aromatic rings. The molecule has 0 saturated heterocycles. The highest BCUT2D eigenvalue weighted by molar-refractivity contribution is 5.96. The van der Waals surface area contributed by atoms with E-state index >= 15 is 0 Å². The number of amides is 4. The zero-order valence-corrected chi connectivity index (χ0v) is 18.3. The van der Waals surface area contributed by atoms with Crippen molar-refractivity contribution < 1.29 is 58.8 Å². The predicted molar refractivity (Wildman–Crippen MR) is 111 cm³/mol. The topological polar surface area (TPSA) is 306 Å². The van der Waals surface area contributed by atoms with Crippen LogP contribution in [0.25, 0.3) is 0 Å². The van der Waals surface area contributed by atoms with Crippen molar-refractivity contribution in [3.8, 4) is 0 Å². The minimum atomic E-state index is -1.91. The standard InChI is InChI=1S/C18H27N5O12/c19-7(1-3-12(25)26)15(31)22-9(5-11(20)24)17(33)21-8(2-4-13(27)28)16(32)23-10(18(34)35)6-14(29)30/h7-10H,1-6,19H2,(H2,20,24)(H,21,33)(H,22,31)(H,23,32)(H,25,26)(H,27,28)(H,29,30)(H,34,35). The Labute approximate surface area is 197 Å². The molecular formula is C18H27N5O12. The third kappa shape index (κ3) is 13.1. The van der Waals surface area contributed by atoms with Gasteiger partial charge in [0.15, 0.2) is 0 Å².